The topological polar surface area (TPSA) is 51.2 Å². The first kappa shape index (κ1) is 14.1. The molecule has 0 bridgehead atoms. The van der Waals surface area contributed by atoms with Crippen LogP contribution in [0.4, 0.5) is 0 Å². The van der Waals surface area contributed by atoms with E-state index < -0.39 is 6.10 Å². The summed E-state index contributed by atoms with van der Waals surface area (Å²) in [5.41, 5.74) is 1.92. The van der Waals surface area contributed by atoms with E-state index in [0.29, 0.717) is 12.3 Å². The van der Waals surface area contributed by atoms with Crippen LogP contribution in [0.3, 0.4) is 0 Å². The number of aryl methyl sites for hydroxylation is 1. The maximum Gasteiger partial charge on any atom is 0.261 e. The minimum atomic E-state index is -0.541. The van der Waals surface area contributed by atoms with Gasteiger partial charge in [-0.2, -0.15) is 0 Å². The van der Waals surface area contributed by atoms with Gasteiger partial charge in [0.2, 0.25) is 0 Å². The quantitative estimate of drug-likeness (QED) is 0.908. The van der Waals surface area contributed by atoms with Gasteiger partial charge in [0.05, 0.1) is 12.2 Å². The highest BCUT2D eigenvalue weighted by atomic mass is 16.5. The fourth-order valence-electron chi connectivity index (χ4n) is 1.77. The van der Waals surface area contributed by atoms with E-state index in [-0.39, 0.29) is 5.91 Å². The smallest absolute Gasteiger partial charge is 0.261 e. The maximum atomic E-state index is 11.9. The molecule has 0 fully saturated rings. The average Bonchev–Trinajstić information content (AvgIpc) is 2.46. The van der Waals surface area contributed by atoms with Gasteiger partial charge in [0.1, 0.15) is 5.75 Å². The second kappa shape index (κ2) is 6.70. The van der Waals surface area contributed by atoms with Crippen LogP contribution < -0.4 is 10.1 Å². The Morgan fingerprint density at radius 1 is 1.30 bits per heavy atom. The Hall–Kier alpha value is -2.36. The number of nitrogens with zero attached hydrogens (tertiary/aromatic N) is 1. The van der Waals surface area contributed by atoms with Crippen molar-refractivity contribution in [3.05, 3.63) is 59.9 Å². The van der Waals surface area contributed by atoms with Crippen LogP contribution in [0.1, 0.15) is 18.2 Å². The molecule has 1 atom stereocenters. The van der Waals surface area contributed by atoms with Crippen molar-refractivity contribution in [3.8, 4) is 5.75 Å². The third-order valence-electron chi connectivity index (χ3n) is 2.84. The Labute approximate surface area is 118 Å². The monoisotopic (exact) mass is 270 g/mol. The van der Waals surface area contributed by atoms with Crippen LogP contribution in [-0.2, 0) is 11.3 Å². The number of pyridine rings is 1. The van der Waals surface area contributed by atoms with Gasteiger partial charge < -0.3 is 10.1 Å². The number of carbonyl (C=O) groups is 1. The summed E-state index contributed by atoms with van der Waals surface area (Å²) in [5.74, 6) is 0.544. The summed E-state index contributed by atoms with van der Waals surface area (Å²) in [6.45, 7) is 4.12. The number of hydrogen-bond donors (Lipinski definition) is 1. The molecule has 2 aromatic rings. The lowest BCUT2D eigenvalue weighted by Gasteiger charge is -2.14. The molecular weight excluding hydrogens is 252 g/mol. The largest absolute Gasteiger partial charge is 0.481 e. The first-order chi connectivity index (χ1) is 9.65. The Bertz CT molecular complexity index is 570. The number of nitrogens with one attached hydrogen (secondary N) is 1. The van der Waals surface area contributed by atoms with E-state index in [2.05, 4.69) is 10.3 Å². The van der Waals surface area contributed by atoms with Gasteiger partial charge >= 0.3 is 0 Å². The number of aromatic nitrogens is 1. The minimum Gasteiger partial charge on any atom is -0.481 e. The van der Waals surface area contributed by atoms with Crippen LogP contribution in [0.25, 0.3) is 0 Å². The fraction of sp³-hybridized carbons (Fsp3) is 0.250. The molecule has 0 saturated heterocycles. The molecule has 0 radical (unpaired) electrons. The molecule has 1 heterocycles. The number of carbonyl (C=O) groups excluding carboxylic acids is 1. The first-order valence-corrected chi connectivity index (χ1v) is 6.56. The number of hydrogen-bond acceptors (Lipinski definition) is 3. The Kier molecular flexibility index (Phi) is 4.71. The highest BCUT2D eigenvalue weighted by Crippen LogP contribution is 2.14. The molecule has 1 aromatic heterocycles. The van der Waals surface area contributed by atoms with Crippen LogP contribution in [0.5, 0.6) is 5.75 Å². The van der Waals surface area contributed by atoms with E-state index in [4.69, 9.17) is 4.74 Å². The molecule has 0 aliphatic heterocycles. The maximum absolute atomic E-state index is 11.9. The van der Waals surface area contributed by atoms with E-state index in [1.165, 1.54) is 0 Å². The summed E-state index contributed by atoms with van der Waals surface area (Å²) in [6, 6.07) is 13.2. The van der Waals surface area contributed by atoms with Gasteiger partial charge in [0.15, 0.2) is 6.10 Å². The summed E-state index contributed by atoms with van der Waals surface area (Å²) in [5, 5.41) is 2.81. The number of ether oxygens (including phenoxy) is 1. The minimum absolute atomic E-state index is 0.155. The molecule has 1 unspecified atom stereocenters. The van der Waals surface area contributed by atoms with Crippen molar-refractivity contribution in [3.63, 3.8) is 0 Å². The van der Waals surface area contributed by atoms with Crippen molar-refractivity contribution in [2.75, 3.05) is 0 Å². The normalized spacial score (nSPS) is 11.7. The summed E-state index contributed by atoms with van der Waals surface area (Å²) in [6.07, 6.45) is 1.16. The van der Waals surface area contributed by atoms with Gasteiger partial charge in [-0.05, 0) is 43.7 Å². The molecule has 2 rings (SSSR count). The van der Waals surface area contributed by atoms with Gasteiger partial charge in [-0.3, -0.25) is 9.78 Å². The predicted octanol–water partition coefficient (Wildman–Crippen LogP) is 2.47. The van der Waals surface area contributed by atoms with Crippen LogP contribution in [0.15, 0.2) is 48.7 Å². The van der Waals surface area contributed by atoms with Crippen LogP contribution >= 0.6 is 0 Å². The predicted molar refractivity (Wildman–Crippen MR) is 77.4 cm³/mol. The Balaban J connectivity index is 1.86. The van der Waals surface area contributed by atoms with Crippen LogP contribution in [0, 0.1) is 6.92 Å². The number of amides is 1. The molecular formula is C16H18N2O2. The third kappa shape index (κ3) is 4.09. The second-order valence-corrected chi connectivity index (χ2v) is 4.62. The van der Waals surface area contributed by atoms with E-state index in [1.54, 1.807) is 13.1 Å². The van der Waals surface area contributed by atoms with Gasteiger partial charge in [0, 0.05) is 6.20 Å². The van der Waals surface area contributed by atoms with E-state index >= 15 is 0 Å². The number of benzene rings is 1. The van der Waals surface area contributed by atoms with Crippen molar-refractivity contribution >= 4 is 5.91 Å². The van der Waals surface area contributed by atoms with Crippen molar-refractivity contribution in [2.24, 2.45) is 0 Å². The molecule has 0 spiro atoms. The third-order valence-corrected chi connectivity index (χ3v) is 2.84. The lowest BCUT2D eigenvalue weighted by atomic mass is 10.2. The Morgan fingerprint density at radius 3 is 2.85 bits per heavy atom. The zero-order valence-electron chi connectivity index (χ0n) is 11.7. The number of rotatable bonds is 5. The Morgan fingerprint density at radius 2 is 2.15 bits per heavy atom. The standard InChI is InChI=1S/C16H18N2O2/c1-12-6-5-8-15(10-12)20-13(2)16(19)18-11-14-7-3-4-9-17-14/h3-10,13H,11H2,1-2H3,(H,18,19). The summed E-state index contributed by atoms with van der Waals surface area (Å²) < 4.78 is 5.61. The van der Waals surface area contributed by atoms with E-state index in [9.17, 15) is 4.79 Å². The summed E-state index contributed by atoms with van der Waals surface area (Å²) in [7, 11) is 0. The SMILES string of the molecule is Cc1cccc(OC(C)C(=O)NCc2ccccn2)c1. The molecule has 1 N–H and O–H groups in total. The molecule has 0 saturated carbocycles. The van der Waals surface area contributed by atoms with Crippen molar-refractivity contribution in [1.29, 1.82) is 0 Å². The summed E-state index contributed by atoms with van der Waals surface area (Å²) >= 11 is 0. The molecule has 0 aliphatic rings. The molecule has 4 heteroatoms. The second-order valence-electron chi connectivity index (χ2n) is 4.62. The van der Waals surface area contributed by atoms with Gasteiger partial charge in [-0.1, -0.05) is 18.2 Å². The molecule has 1 aromatic carbocycles. The van der Waals surface area contributed by atoms with Crippen molar-refractivity contribution < 1.29 is 9.53 Å². The lowest BCUT2D eigenvalue weighted by molar-refractivity contribution is -0.127. The van der Waals surface area contributed by atoms with Gasteiger partial charge in [-0.15, -0.1) is 0 Å². The fourth-order valence-corrected chi connectivity index (χ4v) is 1.77. The van der Waals surface area contributed by atoms with Crippen LogP contribution in [-0.4, -0.2) is 17.0 Å². The molecule has 1 amide bonds. The van der Waals surface area contributed by atoms with Crippen molar-refractivity contribution in [2.45, 2.75) is 26.5 Å². The highest BCUT2D eigenvalue weighted by molar-refractivity contribution is 5.80. The molecule has 20 heavy (non-hydrogen) atoms. The molecule has 0 aliphatic carbocycles. The first-order valence-electron chi connectivity index (χ1n) is 6.56. The molecule has 104 valence electrons. The van der Waals surface area contributed by atoms with E-state index in [1.807, 2.05) is 49.4 Å². The van der Waals surface area contributed by atoms with Gasteiger partial charge in [0.25, 0.3) is 5.91 Å². The van der Waals surface area contributed by atoms with Gasteiger partial charge in [-0.25, -0.2) is 0 Å². The molecule has 4 nitrogen and oxygen atoms in total. The summed E-state index contributed by atoms with van der Waals surface area (Å²) in [4.78, 5) is 16.1. The van der Waals surface area contributed by atoms with Crippen LogP contribution in [0.2, 0.25) is 0 Å². The lowest BCUT2D eigenvalue weighted by Crippen LogP contribution is -2.36. The zero-order chi connectivity index (χ0) is 14.4. The average molecular weight is 270 g/mol. The highest BCUT2D eigenvalue weighted by Gasteiger charge is 2.14. The van der Waals surface area contributed by atoms with Crippen molar-refractivity contribution in [1.82, 2.24) is 10.3 Å². The zero-order valence-corrected chi connectivity index (χ0v) is 11.7. The van der Waals surface area contributed by atoms with E-state index in [0.717, 1.165) is 11.3 Å².